The maximum atomic E-state index is 12.0. The number of hydrogen-bond donors (Lipinski definition) is 1. The lowest BCUT2D eigenvalue weighted by Gasteiger charge is -2.35. The van der Waals surface area contributed by atoms with Crippen molar-refractivity contribution < 1.29 is 9.53 Å². The Morgan fingerprint density at radius 2 is 2.17 bits per heavy atom. The van der Waals surface area contributed by atoms with Gasteiger partial charge in [-0.3, -0.25) is 4.79 Å². The first-order chi connectivity index (χ1) is 11.2. The first kappa shape index (κ1) is 14.9. The summed E-state index contributed by atoms with van der Waals surface area (Å²) in [6.45, 7) is 1.08. The summed E-state index contributed by atoms with van der Waals surface area (Å²) in [6, 6.07) is 17.3. The van der Waals surface area contributed by atoms with Crippen molar-refractivity contribution in [2.24, 2.45) is 0 Å². The fourth-order valence-electron chi connectivity index (χ4n) is 2.71. The second-order valence-electron chi connectivity index (χ2n) is 5.38. The molecule has 0 saturated heterocycles. The summed E-state index contributed by atoms with van der Waals surface area (Å²) in [5, 5.41) is 11.7. The molecule has 2 aromatic rings. The molecule has 0 saturated carbocycles. The number of amides is 1. The topological polar surface area (TPSA) is 65.4 Å². The summed E-state index contributed by atoms with van der Waals surface area (Å²) in [5.74, 6) is 0.555. The third-order valence-electron chi connectivity index (χ3n) is 3.83. The lowest BCUT2D eigenvalue weighted by atomic mass is 10.1. The highest BCUT2D eigenvalue weighted by Gasteiger charge is 2.29. The molecule has 0 radical (unpaired) electrons. The minimum absolute atomic E-state index is 0.143. The molecule has 1 aliphatic rings. The highest BCUT2D eigenvalue weighted by molar-refractivity contribution is 5.83. The van der Waals surface area contributed by atoms with Crippen LogP contribution in [0.1, 0.15) is 11.1 Å². The predicted molar refractivity (Wildman–Crippen MR) is 87.1 cm³/mol. The molecule has 5 nitrogen and oxygen atoms in total. The second kappa shape index (κ2) is 6.41. The third kappa shape index (κ3) is 3.11. The summed E-state index contributed by atoms with van der Waals surface area (Å²) in [7, 11) is 1.60. The summed E-state index contributed by atoms with van der Waals surface area (Å²) in [5.41, 5.74) is 2.61. The molecule has 1 amide bonds. The summed E-state index contributed by atoms with van der Waals surface area (Å²) < 4.78 is 5.79. The van der Waals surface area contributed by atoms with Gasteiger partial charge >= 0.3 is 0 Å². The van der Waals surface area contributed by atoms with E-state index in [0.29, 0.717) is 24.4 Å². The van der Waals surface area contributed by atoms with Crippen molar-refractivity contribution in [1.82, 2.24) is 5.32 Å². The molecule has 3 rings (SSSR count). The Balaban J connectivity index is 1.90. The van der Waals surface area contributed by atoms with Gasteiger partial charge in [-0.2, -0.15) is 5.26 Å². The number of anilines is 1. The Hall–Kier alpha value is -3.00. The van der Waals surface area contributed by atoms with E-state index in [4.69, 9.17) is 10.00 Å². The monoisotopic (exact) mass is 307 g/mol. The van der Waals surface area contributed by atoms with Crippen molar-refractivity contribution >= 4 is 11.6 Å². The molecule has 0 unspecified atom stereocenters. The summed E-state index contributed by atoms with van der Waals surface area (Å²) >= 11 is 0. The Bertz CT molecular complexity index is 767. The van der Waals surface area contributed by atoms with Crippen LogP contribution < -0.4 is 15.0 Å². The van der Waals surface area contributed by atoms with Crippen LogP contribution in [0.2, 0.25) is 0 Å². The lowest BCUT2D eigenvalue weighted by Crippen LogP contribution is -2.47. The Morgan fingerprint density at radius 3 is 2.96 bits per heavy atom. The van der Waals surface area contributed by atoms with Crippen molar-refractivity contribution in [2.75, 3.05) is 18.5 Å². The maximum absolute atomic E-state index is 12.0. The Morgan fingerprint density at radius 1 is 1.35 bits per heavy atom. The molecule has 1 aliphatic heterocycles. The molecule has 0 aromatic heterocycles. The van der Waals surface area contributed by atoms with E-state index in [1.807, 2.05) is 42.5 Å². The van der Waals surface area contributed by atoms with Crippen LogP contribution in [0, 0.1) is 11.3 Å². The number of ether oxygens (including phenoxy) is 1. The van der Waals surface area contributed by atoms with Crippen molar-refractivity contribution in [3.63, 3.8) is 0 Å². The minimum atomic E-state index is -0.547. The Labute approximate surface area is 135 Å². The number of para-hydroxylation sites is 2. The van der Waals surface area contributed by atoms with Crippen LogP contribution in [-0.4, -0.2) is 25.6 Å². The van der Waals surface area contributed by atoms with Gasteiger partial charge in [0.1, 0.15) is 5.75 Å². The van der Waals surface area contributed by atoms with Gasteiger partial charge in [-0.25, -0.2) is 0 Å². The van der Waals surface area contributed by atoms with Gasteiger partial charge in [0, 0.05) is 13.6 Å². The van der Waals surface area contributed by atoms with Crippen LogP contribution in [0.15, 0.2) is 48.5 Å². The molecular formula is C18H17N3O2. The van der Waals surface area contributed by atoms with Gasteiger partial charge in [-0.1, -0.05) is 24.3 Å². The molecule has 1 N–H and O–H groups in total. The molecule has 1 heterocycles. The van der Waals surface area contributed by atoms with Crippen LogP contribution in [0.5, 0.6) is 5.75 Å². The average molecular weight is 307 g/mol. The van der Waals surface area contributed by atoms with Gasteiger partial charge in [0.15, 0.2) is 6.10 Å². The molecule has 0 spiro atoms. The number of fused-ring (bicyclic) bond motifs is 1. The van der Waals surface area contributed by atoms with Gasteiger partial charge in [0.05, 0.1) is 23.9 Å². The highest BCUT2D eigenvalue weighted by atomic mass is 16.5. The fourth-order valence-corrected chi connectivity index (χ4v) is 2.71. The van der Waals surface area contributed by atoms with E-state index in [1.54, 1.807) is 13.1 Å². The van der Waals surface area contributed by atoms with Crippen LogP contribution >= 0.6 is 0 Å². The van der Waals surface area contributed by atoms with E-state index in [1.165, 1.54) is 0 Å². The largest absolute Gasteiger partial charge is 0.477 e. The zero-order valence-electron chi connectivity index (χ0n) is 12.8. The van der Waals surface area contributed by atoms with Gasteiger partial charge < -0.3 is 15.0 Å². The van der Waals surface area contributed by atoms with Crippen molar-refractivity contribution in [3.05, 3.63) is 59.7 Å². The third-order valence-corrected chi connectivity index (χ3v) is 3.83. The normalized spacial score (nSPS) is 16.0. The highest BCUT2D eigenvalue weighted by Crippen LogP contribution is 2.34. The van der Waals surface area contributed by atoms with Crippen molar-refractivity contribution in [2.45, 2.75) is 12.6 Å². The molecule has 116 valence electrons. The number of carbonyl (C=O) groups excluding carboxylic acids is 1. The molecule has 0 bridgehead atoms. The van der Waals surface area contributed by atoms with Crippen LogP contribution in [0.3, 0.4) is 0 Å². The van der Waals surface area contributed by atoms with Crippen molar-refractivity contribution in [1.29, 1.82) is 5.26 Å². The molecule has 0 aliphatic carbocycles. The summed E-state index contributed by atoms with van der Waals surface area (Å²) in [4.78, 5) is 14.1. The number of likely N-dealkylation sites (N-methyl/N-ethyl adjacent to an activating group) is 1. The number of rotatable bonds is 3. The molecular weight excluding hydrogens is 290 g/mol. The van der Waals surface area contributed by atoms with Gasteiger partial charge in [-0.15, -0.1) is 0 Å². The zero-order chi connectivity index (χ0) is 16.2. The van der Waals surface area contributed by atoms with E-state index in [9.17, 15) is 4.79 Å². The second-order valence-corrected chi connectivity index (χ2v) is 5.38. The number of carbonyl (C=O) groups is 1. The molecule has 2 aromatic carbocycles. The summed E-state index contributed by atoms with van der Waals surface area (Å²) in [6.07, 6.45) is -0.547. The quantitative estimate of drug-likeness (QED) is 0.943. The Kier molecular flexibility index (Phi) is 4.15. The molecule has 1 atom stereocenters. The predicted octanol–water partition coefficient (Wildman–Crippen LogP) is 2.07. The van der Waals surface area contributed by atoms with E-state index in [2.05, 4.69) is 16.3 Å². The van der Waals surface area contributed by atoms with E-state index in [0.717, 1.165) is 11.3 Å². The van der Waals surface area contributed by atoms with E-state index < -0.39 is 6.10 Å². The van der Waals surface area contributed by atoms with E-state index >= 15 is 0 Å². The SMILES string of the molecule is CNC(=O)[C@@H]1CN(Cc2cccc(C#N)c2)c2ccccc2O1. The van der Waals surface area contributed by atoms with Crippen LogP contribution in [0.25, 0.3) is 0 Å². The average Bonchev–Trinajstić information content (AvgIpc) is 2.61. The standard InChI is InChI=1S/C18H17N3O2/c1-20-18(22)17-12-21(15-7-2-3-8-16(15)23-17)11-14-6-4-5-13(9-14)10-19/h2-9,17H,11-12H2,1H3,(H,20,22)/t17-/m0/s1. The smallest absolute Gasteiger partial charge is 0.262 e. The first-order valence-corrected chi connectivity index (χ1v) is 7.42. The zero-order valence-corrected chi connectivity index (χ0v) is 12.8. The molecule has 0 fully saturated rings. The van der Waals surface area contributed by atoms with E-state index in [-0.39, 0.29) is 5.91 Å². The maximum Gasteiger partial charge on any atom is 0.262 e. The van der Waals surface area contributed by atoms with Crippen molar-refractivity contribution in [3.8, 4) is 11.8 Å². The van der Waals surface area contributed by atoms with Crippen LogP contribution in [-0.2, 0) is 11.3 Å². The number of hydrogen-bond acceptors (Lipinski definition) is 4. The van der Waals surface area contributed by atoms with Gasteiger partial charge in [-0.05, 0) is 29.8 Å². The fraction of sp³-hybridized carbons (Fsp3) is 0.222. The number of nitrogens with zero attached hydrogens (tertiary/aromatic N) is 2. The number of benzene rings is 2. The van der Waals surface area contributed by atoms with Gasteiger partial charge in [0.25, 0.3) is 5.91 Å². The number of nitriles is 1. The van der Waals surface area contributed by atoms with Crippen LogP contribution in [0.4, 0.5) is 5.69 Å². The molecule has 23 heavy (non-hydrogen) atoms. The minimum Gasteiger partial charge on any atom is -0.477 e. The van der Waals surface area contributed by atoms with Gasteiger partial charge in [0.2, 0.25) is 0 Å². The lowest BCUT2D eigenvalue weighted by molar-refractivity contribution is -0.127. The first-order valence-electron chi connectivity index (χ1n) is 7.42. The number of nitrogens with one attached hydrogen (secondary N) is 1. The molecule has 5 heteroatoms.